The second kappa shape index (κ2) is 8.05. The zero-order valence-corrected chi connectivity index (χ0v) is 16.3. The Hall–Kier alpha value is -2.82. The molecule has 146 valence electrons. The first-order valence-corrected chi connectivity index (χ1v) is 9.94. The van der Waals surface area contributed by atoms with E-state index in [1.807, 2.05) is 48.2 Å². The highest BCUT2D eigenvalue weighted by atomic mass is 16.7. The monoisotopic (exact) mass is 378 g/mol. The first-order chi connectivity index (χ1) is 13.6. The van der Waals surface area contributed by atoms with Crippen LogP contribution < -0.4 is 14.4 Å². The summed E-state index contributed by atoms with van der Waals surface area (Å²) in [5.74, 6) is 1.69. The Morgan fingerprint density at radius 2 is 1.93 bits per heavy atom. The Bertz CT molecular complexity index is 859. The minimum atomic E-state index is -0.446. The molecule has 1 amide bonds. The van der Waals surface area contributed by atoms with Gasteiger partial charge >= 0.3 is 0 Å². The first-order valence-electron chi connectivity index (χ1n) is 9.94. The summed E-state index contributed by atoms with van der Waals surface area (Å²) < 4.78 is 10.9. The van der Waals surface area contributed by atoms with Crippen molar-refractivity contribution in [3.8, 4) is 11.5 Å². The molecule has 1 unspecified atom stereocenters. The Morgan fingerprint density at radius 3 is 2.64 bits per heavy atom. The second-order valence-corrected chi connectivity index (χ2v) is 7.58. The quantitative estimate of drug-likeness (QED) is 0.699. The van der Waals surface area contributed by atoms with Crippen LogP contribution in [0.3, 0.4) is 0 Å². The number of carbonyl (C=O) groups excluding carboxylic acids is 1. The summed E-state index contributed by atoms with van der Waals surface area (Å²) in [5.41, 5.74) is 1.68. The van der Waals surface area contributed by atoms with Gasteiger partial charge in [0.25, 0.3) is 0 Å². The van der Waals surface area contributed by atoms with Gasteiger partial charge in [-0.15, -0.1) is 0 Å². The van der Waals surface area contributed by atoms with Crippen molar-refractivity contribution in [3.63, 3.8) is 0 Å². The minimum Gasteiger partial charge on any atom is -0.454 e. The predicted molar refractivity (Wildman–Crippen MR) is 109 cm³/mol. The molecule has 28 heavy (non-hydrogen) atoms. The van der Waals surface area contributed by atoms with Crippen LogP contribution in [-0.4, -0.2) is 23.7 Å². The molecule has 0 N–H and O–H groups in total. The molecule has 1 aliphatic heterocycles. The Labute approximate surface area is 166 Å². The molecule has 1 aromatic carbocycles. The van der Waals surface area contributed by atoms with Crippen LogP contribution in [0, 0.1) is 0 Å². The highest BCUT2D eigenvalue weighted by molar-refractivity contribution is 6.00. The minimum absolute atomic E-state index is 0.0250. The SMILES string of the molecule is C=C(C)C(C(=O)N(c1ccccn1)C1CCCCC1)c1ccc2c(c1)OCO2. The second-order valence-electron chi connectivity index (χ2n) is 7.58. The Kier molecular flexibility index (Phi) is 5.33. The average Bonchev–Trinajstić information content (AvgIpc) is 3.18. The van der Waals surface area contributed by atoms with Crippen molar-refractivity contribution in [2.24, 2.45) is 0 Å². The molecule has 2 aliphatic rings. The lowest BCUT2D eigenvalue weighted by Crippen LogP contribution is -2.44. The number of fused-ring (bicyclic) bond motifs is 1. The number of anilines is 1. The number of pyridine rings is 1. The third-order valence-electron chi connectivity index (χ3n) is 5.54. The fraction of sp³-hybridized carbons (Fsp3) is 0.391. The van der Waals surface area contributed by atoms with Gasteiger partial charge in [0.05, 0.1) is 5.92 Å². The van der Waals surface area contributed by atoms with E-state index in [9.17, 15) is 4.79 Å². The number of amides is 1. The number of carbonyl (C=O) groups is 1. The molecule has 0 spiro atoms. The molecule has 2 aromatic rings. The maximum atomic E-state index is 13.8. The molecule has 0 saturated heterocycles. The summed E-state index contributed by atoms with van der Waals surface area (Å²) in [5, 5.41) is 0. The molecule has 1 fully saturated rings. The summed E-state index contributed by atoms with van der Waals surface area (Å²) in [6.07, 6.45) is 7.27. The van der Waals surface area contributed by atoms with Crippen molar-refractivity contribution in [2.45, 2.75) is 51.0 Å². The maximum Gasteiger partial charge on any atom is 0.240 e. The van der Waals surface area contributed by atoms with Crippen molar-refractivity contribution in [1.29, 1.82) is 0 Å². The van der Waals surface area contributed by atoms with Crippen LogP contribution in [0.25, 0.3) is 0 Å². The van der Waals surface area contributed by atoms with Crippen LogP contribution in [0.4, 0.5) is 5.82 Å². The topological polar surface area (TPSA) is 51.7 Å². The van der Waals surface area contributed by atoms with Gasteiger partial charge in [0.15, 0.2) is 11.5 Å². The molecule has 5 nitrogen and oxygen atoms in total. The van der Waals surface area contributed by atoms with Gasteiger partial charge in [-0.05, 0) is 49.6 Å². The summed E-state index contributed by atoms with van der Waals surface area (Å²) in [6.45, 7) is 6.25. The summed E-state index contributed by atoms with van der Waals surface area (Å²) in [7, 11) is 0. The number of ether oxygens (including phenoxy) is 2. The molecular weight excluding hydrogens is 352 g/mol. The molecule has 1 aliphatic carbocycles. The lowest BCUT2D eigenvalue weighted by molar-refractivity contribution is -0.120. The van der Waals surface area contributed by atoms with Crippen molar-refractivity contribution in [2.75, 3.05) is 11.7 Å². The molecule has 1 aromatic heterocycles. The van der Waals surface area contributed by atoms with Gasteiger partial charge in [0.2, 0.25) is 12.7 Å². The standard InChI is InChI=1S/C23H26N2O3/c1-16(2)22(17-11-12-19-20(14-17)28-15-27-19)23(26)25(18-8-4-3-5-9-18)21-10-6-7-13-24-21/h6-7,10-14,18,22H,1,3-5,8-9,15H2,2H3. The van der Waals surface area contributed by atoms with Crippen LogP contribution in [-0.2, 0) is 4.79 Å². The van der Waals surface area contributed by atoms with Gasteiger partial charge in [-0.2, -0.15) is 0 Å². The molecule has 4 rings (SSSR count). The van der Waals surface area contributed by atoms with E-state index in [1.165, 1.54) is 6.42 Å². The average molecular weight is 378 g/mol. The van der Waals surface area contributed by atoms with E-state index in [0.29, 0.717) is 17.3 Å². The van der Waals surface area contributed by atoms with Crippen molar-refractivity contribution in [1.82, 2.24) is 4.98 Å². The van der Waals surface area contributed by atoms with E-state index in [0.717, 1.165) is 36.8 Å². The van der Waals surface area contributed by atoms with Gasteiger partial charge in [0.1, 0.15) is 5.82 Å². The zero-order chi connectivity index (χ0) is 19.5. The van der Waals surface area contributed by atoms with Crippen molar-refractivity contribution >= 4 is 11.7 Å². The molecular formula is C23H26N2O3. The van der Waals surface area contributed by atoms with Crippen LogP contribution in [0.1, 0.15) is 50.5 Å². The summed E-state index contributed by atoms with van der Waals surface area (Å²) >= 11 is 0. The number of benzene rings is 1. The predicted octanol–water partition coefficient (Wildman–Crippen LogP) is 4.84. The maximum absolute atomic E-state index is 13.8. The van der Waals surface area contributed by atoms with Gasteiger partial charge in [0, 0.05) is 12.2 Å². The van der Waals surface area contributed by atoms with Crippen molar-refractivity contribution in [3.05, 3.63) is 60.3 Å². The van der Waals surface area contributed by atoms with Gasteiger partial charge in [-0.1, -0.05) is 43.5 Å². The van der Waals surface area contributed by atoms with E-state index >= 15 is 0 Å². The molecule has 5 heteroatoms. The van der Waals surface area contributed by atoms with Crippen LogP contribution in [0.2, 0.25) is 0 Å². The number of hydrogen-bond donors (Lipinski definition) is 0. The third-order valence-corrected chi connectivity index (χ3v) is 5.54. The fourth-order valence-electron chi connectivity index (χ4n) is 4.19. The van der Waals surface area contributed by atoms with E-state index in [2.05, 4.69) is 11.6 Å². The number of rotatable bonds is 5. The zero-order valence-electron chi connectivity index (χ0n) is 16.3. The first kappa shape index (κ1) is 18.5. The van der Waals surface area contributed by atoms with E-state index < -0.39 is 5.92 Å². The van der Waals surface area contributed by atoms with Crippen molar-refractivity contribution < 1.29 is 14.3 Å². The van der Waals surface area contributed by atoms with Crippen LogP contribution in [0.15, 0.2) is 54.7 Å². The molecule has 0 radical (unpaired) electrons. The molecule has 0 bridgehead atoms. The number of aromatic nitrogens is 1. The lowest BCUT2D eigenvalue weighted by Gasteiger charge is -2.36. The summed E-state index contributed by atoms with van der Waals surface area (Å²) in [6, 6.07) is 11.6. The van der Waals surface area contributed by atoms with Gasteiger partial charge in [-0.25, -0.2) is 4.98 Å². The Balaban J connectivity index is 1.71. The van der Waals surface area contributed by atoms with E-state index in [-0.39, 0.29) is 18.7 Å². The normalized spacial score (nSPS) is 17.2. The van der Waals surface area contributed by atoms with E-state index in [1.54, 1.807) is 6.20 Å². The third kappa shape index (κ3) is 3.61. The molecule has 1 atom stereocenters. The Morgan fingerprint density at radius 1 is 1.14 bits per heavy atom. The molecule has 2 heterocycles. The van der Waals surface area contributed by atoms with Gasteiger partial charge in [-0.3, -0.25) is 9.69 Å². The largest absolute Gasteiger partial charge is 0.454 e. The highest BCUT2D eigenvalue weighted by Gasteiger charge is 2.34. The lowest BCUT2D eigenvalue weighted by atomic mass is 9.88. The van der Waals surface area contributed by atoms with Crippen LogP contribution >= 0.6 is 0 Å². The summed E-state index contributed by atoms with van der Waals surface area (Å²) in [4.78, 5) is 20.2. The fourth-order valence-corrected chi connectivity index (χ4v) is 4.19. The van der Waals surface area contributed by atoms with Crippen LogP contribution in [0.5, 0.6) is 11.5 Å². The van der Waals surface area contributed by atoms with E-state index in [4.69, 9.17) is 9.47 Å². The van der Waals surface area contributed by atoms with Gasteiger partial charge < -0.3 is 9.47 Å². The number of hydrogen-bond acceptors (Lipinski definition) is 4. The molecule has 1 saturated carbocycles. The highest BCUT2D eigenvalue weighted by Crippen LogP contribution is 2.38. The number of nitrogens with zero attached hydrogens (tertiary/aromatic N) is 2. The smallest absolute Gasteiger partial charge is 0.240 e.